The molecule has 25 heavy (non-hydrogen) atoms. The number of hydrogen-bond acceptors (Lipinski definition) is 7. The van der Waals surface area contributed by atoms with Gasteiger partial charge < -0.3 is 9.84 Å². The third-order valence-corrected chi connectivity index (χ3v) is 5.10. The van der Waals surface area contributed by atoms with Crippen molar-refractivity contribution in [2.24, 2.45) is 5.92 Å². The SMILES string of the molecule is COc1ccc(C2C(C(=O)C3CC3)=C(O)C(=O)N2c2nncs2)cc1. The minimum atomic E-state index is -0.709. The van der Waals surface area contributed by atoms with Crippen LogP contribution in [0.2, 0.25) is 0 Å². The highest BCUT2D eigenvalue weighted by Crippen LogP contribution is 2.45. The van der Waals surface area contributed by atoms with Gasteiger partial charge in [0, 0.05) is 5.92 Å². The van der Waals surface area contributed by atoms with Gasteiger partial charge in [-0.1, -0.05) is 23.5 Å². The first-order valence-corrected chi connectivity index (χ1v) is 8.70. The number of ether oxygens (including phenoxy) is 1. The van der Waals surface area contributed by atoms with Crippen LogP contribution in [0.5, 0.6) is 5.75 Å². The maximum Gasteiger partial charge on any atom is 0.296 e. The minimum Gasteiger partial charge on any atom is -0.503 e. The molecule has 1 N–H and O–H groups in total. The van der Waals surface area contributed by atoms with E-state index in [4.69, 9.17) is 4.74 Å². The van der Waals surface area contributed by atoms with Gasteiger partial charge in [0.2, 0.25) is 5.13 Å². The summed E-state index contributed by atoms with van der Waals surface area (Å²) in [6.45, 7) is 0. The van der Waals surface area contributed by atoms with Crippen LogP contribution in [0, 0.1) is 5.92 Å². The van der Waals surface area contributed by atoms with Crippen molar-refractivity contribution in [2.75, 3.05) is 12.0 Å². The van der Waals surface area contributed by atoms with E-state index in [1.165, 1.54) is 21.7 Å². The van der Waals surface area contributed by atoms with E-state index >= 15 is 0 Å². The van der Waals surface area contributed by atoms with Gasteiger partial charge in [-0.25, -0.2) is 0 Å². The summed E-state index contributed by atoms with van der Waals surface area (Å²) in [5.74, 6) is -0.730. The van der Waals surface area contributed by atoms with Gasteiger partial charge in [-0.05, 0) is 30.5 Å². The Morgan fingerprint density at radius 2 is 2.04 bits per heavy atom. The van der Waals surface area contributed by atoms with Crippen LogP contribution in [0.4, 0.5) is 5.13 Å². The Labute approximate surface area is 147 Å². The average Bonchev–Trinajstić information content (AvgIpc) is 3.29. The lowest BCUT2D eigenvalue weighted by Crippen LogP contribution is -2.31. The fourth-order valence-electron chi connectivity index (χ4n) is 2.99. The monoisotopic (exact) mass is 357 g/mol. The zero-order valence-electron chi connectivity index (χ0n) is 13.4. The van der Waals surface area contributed by atoms with Crippen LogP contribution >= 0.6 is 11.3 Å². The first kappa shape index (κ1) is 15.8. The summed E-state index contributed by atoms with van der Waals surface area (Å²) >= 11 is 1.18. The van der Waals surface area contributed by atoms with E-state index in [1.807, 2.05) is 0 Å². The number of amides is 1. The van der Waals surface area contributed by atoms with Crippen molar-refractivity contribution in [1.29, 1.82) is 0 Å². The van der Waals surface area contributed by atoms with Crippen molar-refractivity contribution in [3.63, 3.8) is 0 Å². The Bertz CT molecular complexity index is 857. The van der Waals surface area contributed by atoms with E-state index in [-0.39, 0.29) is 17.3 Å². The molecule has 1 fully saturated rings. The zero-order chi connectivity index (χ0) is 17.6. The Kier molecular flexibility index (Phi) is 3.76. The summed E-state index contributed by atoms with van der Waals surface area (Å²) in [7, 11) is 1.56. The average molecular weight is 357 g/mol. The van der Waals surface area contributed by atoms with Gasteiger partial charge in [0.15, 0.2) is 11.5 Å². The number of ketones is 1. The first-order chi connectivity index (χ1) is 12.1. The number of aromatic nitrogens is 2. The summed E-state index contributed by atoms with van der Waals surface area (Å²) in [5, 5.41) is 18.5. The van der Waals surface area contributed by atoms with E-state index in [0.29, 0.717) is 16.4 Å². The van der Waals surface area contributed by atoms with Crippen molar-refractivity contribution < 1.29 is 19.4 Å². The summed E-state index contributed by atoms with van der Waals surface area (Å²) in [4.78, 5) is 26.7. The maximum atomic E-state index is 12.7. The van der Waals surface area contributed by atoms with Crippen LogP contribution in [0.3, 0.4) is 0 Å². The van der Waals surface area contributed by atoms with Crippen LogP contribution in [0.25, 0.3) is 0 Å². The van der Waals surface area contributed by atoms with Crippen molar-refractivity contribution in [2.45, 2.75) is 18.9 Å². The van der Waals surface area contributed by atoms with E-state index in [9.17, 15) is 14.7 Å². The number of carbonyl (C=O) groups is 2. The summed E-state index contributed by atoms with van der Waals surface area (Å²) in [6, 6.07) is 6.37. The fraction of sp³-hybridized carbons (Fsp3) is 0.294. The smallest absolute Gasteiger partial charge is 0.296 e. The van der Waals surface area contributed by atoms with Crippen LogP contribution in [-0.4, -0.2) is 34.1 Å². The third kappa shape index (κ3) is 2.58. The molecule has 1 aliphatic carbocycles. The molecule has 4 rings (SSSR count). The molecule has 128 valence electrons. The molecule has 2 aromatic rings. The van der Waals surface area contributed by atoms with Gasteiger partial charge in [0.05, 0.1) is 18.7 Å². The van der Waals surface area contributed by atoms with Gasteiger partial charge in [-0.15, -0.1) is 10.2 Å². The Morgan fingerprint density at radius 1 is 1.32 bits per heavy atom. The second-order valence-corrected chi connectivity index (χ2v) is 6.78. The topological polar surface area (TPSA) is 92.6 Å². The molecule has 1 unspecified atom stereocenters. The Morgan fingerprint density at radius 3 is 2.60 bits per heavy atom. The second kappa shape index (κ2) is 5.96. The number of Topliss-reactive ketones (excluding diaryl/α,β-unsaturated/α-hetero) is 1. The van der Waals surface area contributed by atoms with Crippen LogP contribution in [-0.2, 0) is 9.59 Å². The number of nitrogens with zero attached hydrogens (tertiary/aromatic N) is 3. The number of rotatable bonds is 5. The van der Waals surface area contributed by atoms with Gasteiger partial charge in [0.25, 0.3) is 5.91 Å². The number of anilines is 1. The number of aliphatic hydroxyl groups excluding tert-OH is 1. The highest BCUT2D eigenvalue weighted by Gasteiger charge is 2.48. The normalized spacial score (nSPS) is 20.3. The summed E-state index contributed by atoms with van der Waals surface area (Å²) in [5.41, 5.74) is 2.36. The Balaban J connectivity index is 1.82. The van der Waals surface area contributed by atoms with Crippen LogP contribution in [0.1, 0.15) is 24.4 Å². The lowest BCUT2D eigenvalue weighted by Gasteiger charge is -2.24. The van der Waals surface area contributed by atoms with Gasteiger partial charge in [-0.3, -0.25) is 14.5 Å². The van der Waals surface area contributed by atoms with E-state index < -0.39 is 17.7 Å². The van der Waals surface area contributed by atoms with Crippen molar-refractivity contribution in [1.82, 2.24) is 10.2 Å². The molecule has 1 atom stereocenters. The highest BCUT2D eigenvalue weighted by molar-refractivity contribution is 7.13. The molecule has 0 bridgehead atoms. The molecule has 1 amide bonds. The lowest BCUT2D eigenvalue weighted by atomic mass is 9.94. The largest absolute Gasteiger partial charge is 0.503 e. The van der Waals surface area contributed by atoms with E-state index in [0.717, 1.165) is 12.8 Å². The summed E-state index contributed by atoms with van der Waals surface area (Å²) in [6.07, 6.45) is 1.58. The molecule has 7 nitrogen and oxygen atoms in total. The molecule has 1 saturated carbocycles. The molecule has 0 saturated heterocycles. The van der Waals surface area contributed by atoms with Crippen molar-refractivity contribution in [3.8, 4) is 5.75 Å². The molecular weight excluding hydrogens is 342 g/mol. The quantitative estimate of drug-likeness (QED) is 0.883. The maximum absolute atomic E-state index is 12.7. The van der Waals surface area contributed by atoms with E-state index in [2.05, 4.69) is 10.2 Å². The molecule has 1 aromatic carbocycles. The molecule has 0 radical (unpaired) electrons. The summed E-state index contributed by atoms with van der Waals surface area (Å²) < 4.78 is 5.17. The number of methoxy groups -OCH3 is 1. The van der Waals surface area contributed by atoms with E-state index in [1.54, 1.807) is 31.4 Å². The molecule has 0 spiro atoms. The fourth-order valence-corrected chi connectivity index (χ4v) is 3.58. The predicted octanol–water partition coefficient (Wildman–Crippen LogP) is 2.43. The molecule has 1 aliphatic heterocycles. The van der Waals surface area contributed by atoms with Gasteiger partial charge in [-0.2, -0.15) is 0 Å². The van der Waals surface area contributed by atoms with Gasteiger partial charge >= 0.3 is 0 Å². The standard InChI is InChI=1S/C17H15N3O4S/c1-24-11-6-4-9(5-7-11)13-12(14(21)10-2-3-10)15(22)16(23)20(13)17-19-18-8-25-17/h4-8,10,13,22H,2-3H2,1H3. The third-order valence-electron chi connectivity index (χ3n) is 4.41. The first-order valence-electron chi connectivity index (χ1n) is 7.83. The second-order valence-electron chi connectivity index (χ2n) is 5.97. The highest BCUT2D eigenvalue weighted by atomic mass is 32.1. The molecule has 8 heteroatoms. The molecule has 2 heterocycles. The molecule has 2 aliphatic rings. The Hall–Kier alpha value is -2.74. The van der Waals surface area contributed by atoms with Crippen LogP contribution < -0.4 is 9.64 Å². The molecular formula is C17H15N3O4S. The van der Waals surface area contributed by atoms with Crippen molar-refractivity contribution in [3.05, 3.63) is 46.7 Å². The zero-order valence-corrected chi connectivity index (χ0v) is 14.2. The predicted molar refractivity (Wildman–Crippen MR) is 90.5 cm³/mol. The number of aliphatic hydroxyl groups is 1. The number of carbonyl (C=O) groups excluding carboxylic acids is 2. The van der Waals surface area contributed by atoms with Crippen LogP contribution in [0.15, 0.2) is 41.1 Å². The number of hydrogen-bond donors (Lipinski definition) is 1. The molecule has 1 aromatic heterocycles. The van der Waals surface area contributed by atoms with Gasteiger partial charge in [0.1, 0.15) is 11.3 Å². The lowest BCUT2D eigenvalue weighted by molar-refractivity contribution is -0.118. The minimum absolute atomic E-state index is 0.111. The number of benzene rings is 1. The van der Waals surface area contributed by atoms with Crippen molar-refractivity contribution >= 4 is 28.2 Å².